The maximum atomic E-state index is 12.9. The number of rotatable bonds is 5. The number of alkyl halides is 3. The van der Waals surface area contributed by atoms with E-state index in [1.807, 2.05) is 4.90 Å². The highest BCUT2D eigenvalue weighted by Crippen LogP contribution is 2.20. The van der Waals surface area contributed by atoms with Gasteiger partial charge in [-0.25, -0.2) is 9.59 Å². The maximum absolute atomic E-state index is 12.9. The van der Waals surface area contributed by atoms with Crippen molar-refractivity contribution in [3.05, 3.63) is 20.8 Å². The number of fused-ring (bicyclic) bond motifs is 1. The van der Waals surface area contributed by atoms with E-state index in [2.05, 4.69) is 22.1 Å². The molecule has 192 valence electrons. The van der Waals surface area contributed by atoms with E-state index in [-0.39, 0.29) is 30.9 Å². The summed E-state index contributed by atoms with van der Waals surface area (Å²) in [5.74, 6) is 3.05. The van der Waals surface area contributed by atoms with Gasteiger partial charge in [0.05, 0.1) is 13.2 Å². The van der Waals surface area contributed by atoms with Crippen LogP contribution in [0.25, 0.3) is 11.2 Å². The van der Waals surface area contributed by atoms with Crippen LogP contribution in [0.15, 0.2) is 9.59 Å². The standard InChI is InChI=1S/C18H24N6O4.C2HF3O2/c1-4-6-9-23-14-15(20-17(23)22-10-7-19-8-11-22)24(12-13(25)28-5-2)18(27)21(3)16(14)26;3-2(4,5)1(6)7/h19H,5,7-12H2,1-3H3;(H,6,7). The van der Waals surface area contributed by atoms with E-state index >= 15 is 0 Å². The Morgan fingerprint density at radius 1 is 1.20 bits per heavy atom. The summed E-state index contributed by atoms with van der Waals surface area (Å²) in [6, 6.07) is 0. The van der Waals surface area contributed by atoms with Gasteiger partial charge in [0.25, 0.3) is 5.56 Å². The topological polar surface area (TPSA) is 141 Å². The number of carboxylic acids is 1. The van der Waals surface area contributed by atoms with Crippen LogP contribution in [0.3, 0.4) is 0 Å². The van der Waals surface area contributed by atoms with Crippen molar-refractivity contribution in [1.29, 1.82) is 0 Å². The summed E-state index contributed by atoms with van der Waals surface area (Å²) in [4.78, 5) is 53.1. The van der Waals surface area contributed by atoms with Gasteiger partial charge in [-0.05, 0) is 13.8 Å². The Balaban J connectivity index is 0.000000540. The summed E-state index contributed by atoms with van der Waals surface area (Å²) in [6.07, 6.45) is -5.08. The highest BCUT2D eigenvalue weighted by molar-refractivity contribution is 5.77. The fraction of sp³-hybridized carbons (Fsp3) is 0.550. The third-order valence-corrected chi connectivity index (χ3v) is 4.86. The van der Waals surface area contributed by atoms with Crippen molar-refractivity contribution < 1.29 is 32.6 Å². The zero-order valence-electron chi connectivity index (χ0n) is 19.3. The number of carbonyl (C=O) groups is 2. The predicted molar refractivity (Wildman–Crippen MR) is 118 cm³/mol. The molecule has 1 aliphatic heterocycles. The number of carbonyl (C=O) groups excluding carboxylic acids is 1. The van der Waals surface area contributed by atoms with E-state index in [0.717, 1.165) is 17.7 Å². The first kappa shape index (κ1) is 27.4. The van der Waals surface area contributed by atoms with Gasteiger partial charge < -0.3 is 20.1 Å². The van der Waals surface area contributed by atoms with Crippen LogP contribution < -0.4 is 21.5 Å². The van der Waals surface area contributed by atoms with Crippen LogP contribution in [0, 0.1) is 11.8 Å². The quantitative estimate of drug-likeness (QED) is 0.410. The van der Waals surface area contributed by atoms with Gasteiger partial charge in [0.2, 0.25) is 5.95 Å². The van der Waals surface area contributed by atoms with Gasteiger partial charge in [0, 0.05) is 33.2 Å². The molecule has 0 aliphatic carbocycles. The Morgan fingerprint density at radius 3 is 2.31 bits per heavy atom. The first-order valence-electron chi connectivity index (χ1n) is 10.4. The van der Waals surface area contributed by atoms with Gasteiger partial charge in [0.1, 0.15) is 6.54 Å². The zero-order valence-corrected chi connectivity index (χ0v) is 19.3. The minimum Gasteiger partial charge on any atom is -0.475 e. The smallest absolute Gasteiger partial charge is 0.475 e. The van der Waals surface area contributed by atoms with Crippen LogP contribution in [0.4, 0.5) is 19.1 Å². The van der Waals surface area contributed by atoms with Crippen LogP contribution in [0.1, 0.15) is 13.8 Å². The number of piperazine rings is 1. The van der Waals surface area contributed by atoms with E-state index in [4.69, 9.17) is 14.6 Å². The number of ether oxygens (including phenoxy) is 1. The Morgan fingerprint density at radius 2 is 1.80 bits per heavy atom. The highest BCUT2D eigenvalue weighted by atomic mass is 19.4. The summed E-state index contributed by atoms with van der Waals surface area (Å²) in [6.45, 7) is 6.57. The molecule has 0 spiro atoms. The molecule has 15 heteroatoms. The van der Waals surface area contributed by atoms with Gasteiger partial charge in [-0.3, -0.25) is 23.3 Å². The number of halogens is 3. The van der Waals surface area contributed by atoms with Crippen molar-refractivity contribution in [3.8, 4) is 11.8 Å². The number of hydrogen-bond acceptors (Lipinski definition) is 8. The summed E-state index contributed by atoms with van der Waals surface area (Å²) < 4.78 is 40.6. The molecule has 3 rings (SSSR count). The molecule has 3 heterocycles. The lowest BCUT2D eigenvalue weighted by atomic mass is 10.4. The molecule has 0 amide bonds. The number of aromatic nitrogens is 4. The van der Waals surface area contributed by atoms with E-state index in [1.165, 1.54) is 11.6 Å². The number of carboxylic acid groups (broad SMARTS) is 1. The van der Waals surface area contributed by atoms with Gasteiger partial charge in [-0.2, -0.15) is 18.2 Å². The molecule has 2 aromatic heterocycles. The first-order valence-corrected chi connectivity index (χ1v) is 10.4. The number of nitrogens with zero attached hydrogens (tertiary/aromatic N) is 5. The van der Waals surface area contributed by atoms with Crippen LogP contribution in [0.5, 0.6) is 0 Å². The minimum atomic E-state index is -5.08. The molecule has 0 unspecified atom stereocenters. The fourth-order valence-electron chi connectivity index (χ4n) is 3.24. The SMILES string of the molecule is CC#CCn1c(N2CCNCC2)nc2c1c(=O)n(C)c(=O)n2CC(=O)OCC.O=C(O)C(F)(F)F. The second kappa shape index (κ2) is 11.6. The number of anilines is 1. The third-order valence-electron chi connectivity index (χ3n) is 4.86. The molecule has 0 aromatic carbocycles. The molecule has 0 radical (unpaired) electrons. The van der Waals surface area contributed by atoms with Gasteiger partial charge in [-0.15, -0.1) is 5.92 Å². The van der Waals surface area contributed by atoms with Crippen LogP contribution in [-0.2, 0) is 34.5 Å². The van der Waals surface area contributed by atoms with E-state index in [0.29, 0.717) is 19.0 Å². The van der Waals surface area contributed by atoms with Gasteiger partial charge in [-0.1, -0.05) is 5.92 Å². The molecule has 12 nitrogen and oxygen atoms in total. The van der Waals surface area contributed by atoms with Crippen molar-refractivity contribution in [1.82, 2.24) is 24.0 Å². The highest BCUT2D eigenvalue weighted by Gasteiger charge is 2.38. The molecule has 2 aromatic rings. The molecular formula is C20H25F3N6O6. The molecule has 35 heavy (non-hydrogen) atoms. The van der Waals surface area contributed by atoms with E-state index in [1.54, 1.807) is 18.4 Å². The van der Waals surface area contributed by atoms with Crippen LogP contribution in [-0.4, -0.2) is 74.7 Å². The van der Waals surface area contributed by atoms with Gasteiger partial charge >= 0.3 is 23.8 Å². The second-order valence-corrected chi connectivity index (χ2v) is 7.17. The summed E-state index contributed by atoms with van der Waals surface area (Å²) in [5.41, 5.74) is -0.647. The minimum absolute atomic E-state index is 0.174. The first-order chi connectivity index (χ1) is 16.4. The molecule has 0 saturated carbocycles. The Hall–Kier alpha value is -3.80. The third kappa shape index (κ3) is 6.41. The predicted octanol–water partition coefficient (Wildman–Crippen LogP) is -0.474. The van der Waals surface area contributed by atoms with Crippen molar-refractivity contribution in [2.24, 2.45) is 7.05 Å². The number of esters is 1. The molecule has 0 bridgehead atoms. The Labute approximate surface area is 196 Å². The lowest BCUT2D eigenvalue weighted by Crippen LogP contribution is -2.44. The molecular weight excluding hydrogens is 477 g/mol. The number of hydrogen-bond donors (Lipinski definition) is 2. The van der Waals surface area contributed by atoms with Crippen molar-refractivity contribution in [3.63, 3.8) is 0 Å². The Kier molecular flexibility index (Phi) is 9.06. The molecule has 2 N–H and O–H groups in total. The molecule has 1 saturated heterocycles. The van der Waals surface area contributed by atoms with E-state index < -0.39 is 29.4 Å². The Bertz CT molecular complexity index is 1260. The second-order valence-electron chi connectivity index (χ2n) is 7.17. The van der Waals surface area contributed by atoms with Crippen molar-refractivity contribution in [2.45, 2.75) is 33.1 Å². The average molecular weight is 502 g/mol. The zero-order chi connectivity index (χ0) is 26.3. The van der Waals surface area contributed by atoms with E-state index in [9.17, 15) is 27.6 Å². The molecule has 1 fully saturated rings. The average Bonchev–Trinajstić information content (AvgIpc) is 3.19. The summed E-state index contributed by atoms with van der Waals surface area (Å²) in [7, 11) is 1.39. The van der Waals surface area contributed by atoms with Crippen molar-refractivity contribution >= 4 is 29.1 Å². The normalized spacial score (nSPS) is 13.5. The molecule has 1 aliphatic rings. The van der Waals surface area contributed by atoms with Crippen LogP contribution in [0.2, 0.25) is 0 Å². The number of aliphatic carboxylic acids is 1. The summed E-state index contributed by atoms with van der Waals surface area (Å²) >= 11 is 0. The van der Waals surface area contributed by atoms with Crippen LogP contribution >= 0.6 is 0 Å². The number of nitrogens with one attached hydrogen (secondary N) is 1. The van der Waals surface area contributed by atoms with Gasteiger partial charge in [0.15, 0.2) is 11.2 Å². The lowest BCUT2D eigenvalue weighted by molar-refractivity contribution is -0.192. The number of imidazole rings is 1. The monoisotopic (exact) mass is 502 g/mol. The largest absolute Gasteiger partial charge is 0.490 e. The van der Waals surface area contributed by atoms with Crippen molar-refractivity contribution in [2.75, 3.05) is 37.7 Å². The fourth-order valence-corrected chi connectivity index (χ4v) is 3.24. The summed E-state index contributed by atoms with van der Waals surface area (Å²) in [5, 5.41) is 10.4. The maximum Gasteiger partial charge on any atom is 0.490 e. The lowest BCUT2D eigenvalue weighted by Gasteiger charge is -2.28. The molecule has 0 atom stereocenters.